The number of thioether (sulfide) groups is 1. The summed E-state index contributed by atoms with van der Waals surface area (Å²) in [5, 5.41) is 3.39. The van der Waals surface area contributed by atoms with Gasteiger partial charge in [0.05, 0.1) is 24.8 Å². The third kappa shape index (κ3) is 7.19. The molecule has 0 fully saturated rings. The monoisotopic (exact) mass is 522 g/mol. The topological polar surface area (TPSA) is 85.7 Å². The first-order valence-electron chi connectivity index (χ1n) is 11.0. The summed E-state index contributed by atoms with van der Waals surface area (Å²) in [7, 11) is 3.27. The lowest BCUT2D eigenvalue weighted by Gasteiger charge is -2.12. The molecule has 1 N–H and O–H groups in total. The highest BCUT2D eigenvalue weighted by Gasteiger charge is 2.16. The first kappa shape index (κ1) is 27.0. The second-order valence-corrected chi connectivity index (χ2v) is 9.41. The average molecular weight is 523 g/mol. The molecule has 186 valence electrons. The molecule has 2 aromatic carbocycles. The van der Waals surface area contributed by atoms with Crippen LogP contribution < -0.4 is 14.8 Å². The van der Waals surface area contributed by atoms with Crippen LogP contribution in [0.25, 0.3) is 5.57 Å². The van der Waals surface area contributed by atoms with Gasteiger partial charge in [-0.1, -0.05) is 42.1 Å². The number of amides is 1. The molecule has 9 heteroatoms. The first-order valence-corrected chi connectivity index (χ1v) is 12.2. The number of aliphatic imine (C=N–C) groups is 1. The maximum absolute atomic E-state index is 12.6. The Bertz CT molecular complexity index is 1310. The number of benzene rings is 2. The lowest BCUT2D eigenvalue weighted by atomic mass is 10.1. The molecule has 0 atom stereocenters. The van der Waals surface area contributed by atoms with Crippen molar-refractivity contribution >= 4 is 52.6 Å². The second-order valence-electron chi connectivity index (χ2n) is 7.67. The van der Waals surface area contributed by atoms with Crippen LogP contribution in [0, 0.1) is 0 Å². The Morgan fingerprint density at radius 3 is 2.50 bits per heavy atom. The van der Waals surface area contributed by atoms with Crippen LogP contribution in [0.5, 0.6) is 11.5 Å². The molecule has 0 saturated carbocycles. The van der Waals surface area contributed by atoms with E-state index in [-0.39, 0.29) is 5.91 Å². The maximum atomic E-state index is 12.6. The molecule has 7 nitrogen and oxygen atoms in total. The molecule has 3 aromatic rings. The maximum Gasteiger partial charge on any atom is 0.263 e. The second kappa shape index (κ2) is 12.9. The van der Waals surface area contributed by atoms with E-state index < -0.39 is 0 Å². The number of aromatic nitrogens is 2. The highest BCUT2D eigenvalue weighted by molar-refractivity contribution is 8.07. The first-order chi connectivity index (χ1) is 17.3. The van der Waals surface area contributed by atoms with E-state index in [9.17, 15) is 4.79 Å². The van der Waals surface area contributed by atoms with E-state index in [1.807, 2.05) is 50.4 Å². The number of carbonyl (C=O) groups is 1. The van der Waals surface area contributed by atoms with E-state index in [0.717, 1.165) is 39.6 Å². The van der Waals surface area contributed by atoms with Crippen LogP contribution in [-0.4, -0.2) is 36.3 Å². The average Bonchev–Trinajstić information content (AvgIpc) is 3.34. The summed E-state index contributed by atoms with van der Waals surface area (Å²) >= 11 is 7.37. The normalized spacial score (nSPS) is 12.0. The zero-order chi connectivity index (χ0) is 26.1. The molecule has 4 rings (SSSR count). The number of rotatable bonds is 7. The number of nitrogens with zero attached hydrogens (tertiary/aromatic N) is 3. The van der Waals surface area contributed by atoms with Crippen LogP contribution in [0.1, 0.15) is 25.0 Å². The van der Waals surface area contributed by atoms with Gasteiger partial charge in [-0.3, -0.25) is 9.79 Å². The summed E-state index contributed by atoms with van der Waals surface area (Å²) in [5.74, 6) is 1.71. The van der Waals surface area contributed by atoms with Crippen LogP contribution >= 0.6 is 23.4 Å². The van der Waals surface area contributed by atoms with E-state index in [2.05, 4.69) is 26.9 Å². The molecule has 0 aliphatic carbocycles. The largest absolute Gasteiger partial charge is 0.493 e. The Balaban J connectivity index is 0.000000233. The van der Waals surface area contributed by atoms with Crippen LogP contribution in [0.15, 0.2) is 76.4 Å². The van der Waals surface area contributed by atoms with E-state index >= 15 is 0 Å². The Kier molecular flexibility index (Phi) is 9.67. The number of nitrogens with one attached hydrogen (secondary N) is 1. The number of hydrogen-bond acceptors (Lipinski definition) is 7. The zero-order valence-electron chi connectivity index (χ0n) is 20.5. The third-order valence-electron chi connectivity index (χ3n) is 5.03. The number of anilines is 1. The summed E-state index contributed by atoms with van der Waals surface area (Å²) in [4.78, 5) is 26.1. The molecule has 2 heterocycles. The summed E-state index contributed by atoms with van der Waals surface area (Å²) in [6, 6.07) is 12.9. The van der Waals surface area contributed by atoms with E-state index in [1.54, 1.807) is 32.5 Å². The summed E-state index contributed by atoms with van der Waals surface area (Å²) < 4.78 is 10.3. The molecule has 0 unspecified atom stereocenters. The van der Waals surface area contributed by atoms with Gasteiger partial charge in [0.25, 0.3) is 5.91 Å². The Hall–Kier alpha value is -3.62. The van der Waals surface area contributed by atoms with Crippen molar-refractivity contribution < 1.29 is 14.3 Å². The molecule has 0 bridgehead atoms. The van der Waals surface area contributed by atoms with E-state index in [0.29, 0.717) is 15.7 Å². The molecule has 0 spiro atoms. The quantitative estimate of drug-likeness (QED) is 0.346. The minimum Gasteiger partial charge on any atom is -0.493 e. The number of ether oxygens (including phenoxy) is 2. The molecule has 0 saturated heterocycles. The van der Waals surface area contributed by atoms with Crippen molar-refractivity contribution in [1.29, 1.82) is 0 Å². The summed E-state index contributed by atoms with van der Waals surface area (Å²) in [5.41, 5.74) is 3.89. The van der Waals surface area contributed by atoms with Gasteiger partial charge in [0, 0.05) is 29.9 Å². The highest BCUT2D eigenvalue weighted by atomic mass is 35.5. The fraction of sp³-hybridized carbons (Fsp3) is 0.185. The Labute approximate surface area is 220 Å². The molecule has 1 amide bonds. The van der Waals surface area contributed by atoms with Gasteiger partial charge >= 0.3 is 0 Å². The van der Waals surface area contributed by atoms with Gasteiger partial charge in [-0.25, -0.2) is 9.97 Å². The van der Waals surface area contributed by atoms with Crippen LogP contribution in [0.2, 0.25) is 5.02 Å². The third-order valence-corrected chi connectivity index (χ3v) is 6.31. The molecule has 1 aromatic heterocycles. The van der Waals surface area contributed by atoms with Crippen molar-refractivity contribution in [3.05, 3.63) is 87.5 Å². The molecular formula is C27H27ClN4O3S. The lowest BCUT2D eigenvalue weighted by molar-refractivity contribution is -0.112. The van der Waals surface area contributed by atoms with E-state index in [4.69, 9.17) is 21.1 Å². The van der Waals surface area contributed by atoms with Crippen molar-refractivity contribution in [1.82, 2.24) is 9.97 Å². The smallest absolute Gasteiger partial charge is 0.263 e. The van der Waals surface area contributed by atoms with Gasteiger partial charge < -0.3 is 14.8 Å². The summed E-state index contributed by atoms with van der Waals surface area (Å²) in [6.07, 6.45) is 5.73. The van der Waals surface area contributed by atoms with Crippen LogP contribution in [0.3, 0.4) is 0 Å². The molecule has 1 aliphatic heterocycles. The minimum atomic E-state index is -0.242. The zero-order valence-corrected chi connectivity index (χ0v) is 22.1. The standard InChI is InChI=1S/C17H16ClN3OS.C10H11NO2/c1-11(2)23-16(12(3)13-5-4-6-14(18)9-13)17(22)21-15-7-8-19-10-20-15;1-12-9-5-7-3-4-11-8(7)6-10(9)13-2/h4-10H,1H2,2-3H3,(H,19,20,21,22);4-6H,3H2,1-2H3/b16-12+;. The number of hydrogen-bond donors (Lipinski definition) is 1. The number of carbonyl (C=O) groups excluding carboxylic acids is 1. The molecule has 36 heavy (non-hydrogen) atoms. The van der Waals surface area contributed by atoms with Gasteiger partial charge in [-0.15, -0.1) is 0 Å². The number of fused-ring (bicyclic) bond motifs is 1. The van der Waals surface area contributed by atoms with Crippen molar-refractivity contribution in [2.45, 2.75) is 20.3 Å². The Morgan fingerprint density at radius 2 is 1.86 bits per heavy atom. The van der Waals surface area contributed by atoms with Gasteiger partial charge in [0.15, 0.2) is 11.5 Å². The van der Waals surface area contributed by atoms with Gasteiger partial charge in [-0.05, 0) is 59.7 Å². The van der Waals surface area contributed by atoms with Crippen molar-refractivity contribution in [3.63, 3.8) is 0 Å². The molecular weight excluding hydrogens is 496 g/mol. The fourth-order valence-electron chi connectivity index (χ4n) is 3.29. The van der Waals surface area contributed by atoms with Crippen molar-refractivity contribution in [2.75, 3.05) is 19.5 Å². The van der Waals surface area contributed by atoms with Crippen LogP contribution in [-0.2, 0) is 11.2 Å². The van der Waals surface area contributed by atoms with Gasteiger partial charge in [0.2, 0.25) is 0 Å². The fourth-order valence-corrected chi connectivity index (χ4v) is 4.25. The number of halogens is 1. The van der Waals surface area contributed by atoms with Gasteiger partial charge in [0.1, 0.15) is 12.1 Å². The number of allylic oxidation sites excluding steroid dienone is 2. The predicted octanol–water partition coefficient (Wildman–Crippen LogP) is 6.73. The molecule has 1 aliphatic rings. The van der Waals surface area contributed by atoms with Crippen molar-refractivity contribution in [2.24, 2.45) is 4.99 Å². The molecule has 0 radical (unpaired) electrons. The Morgan fingerprint density at radius 1 is 1.11 bits per heavy atom. The van der Waals surface area contributed by atoms with Crippen LogP contribution in [0.4, 0.5) is 11.5 Å². The highest BCUT2D eigenvalue weighted by Crippen LogP contribution is 2.36. The predicted molar refractivity (Wildman–Crippen MR) is 149 cm³/mol. The lowest BCUT2D eigenvalue weighted by Crippen LogP contribution is -2.15. The minimum absolute atomic E-state index is 0.242. The van der Waals surface area contributed by atoms with E-state index in [1.165, 1.54) is 23.7 Å². The van der Waals surface area contributed by atoms with Gasteiger partial charge in [-0.2, -0.15) is 0 Å². The SMILES string of the molecule is C=C(C)S/C(C(=O)Nc1ccncn1)=C(\C)c1cccc(Cl)c1.COc1cc2c(cc1OC)N=CC2. The number of methoxy groups -OCH3 is 2. The van der Waals surface area contributed by atoms with Crippen molar-refractivity contribution in [3.8, 4) is 11.5 Å². The summed E-state index contributed by atoms with van der Waals surface area (Å²) in [6.45, 7) is 7.62.